The Labute approximate surface area is 118 Å². The van der Waals surface area contributed by atoms with Crippen molar-refractivity contribution in [2.24, 2.45) is 0 Å². The largest absolute Gasteiger partial charge is 0.463 e. The maximum atomic E-state index is 13.5. The van der Waals surface area contributed by atoms with E-state index in [0.717, 1.165) is 18.6 Å². The summed E-state index contributed by atoms with van der Waals surface area (Å²) < 4.78 is 44.7. The molecule has 1 heterocycles. The average molecular weight is 299 g/mol. The maximum absolute atomic E-state index is 13.5. The third-order valence-electron chi connectivity index (χ3n) is 2.35. The third kappa shape index (κ3) is 3.50. The van der Waals surface area contributed by atoms with Gasteiger partial charge in [-0.25, -0.2) is 13.2 Å². The summed E-state index contributed by atoms with van der Waals surface area (Å²) in [5, 5.41) is 2.39. The minimum absolute atomic E-state index is 0.0464. The molecule has 0 saturated heterocycles. The number of nitrogens with two attached hydrogens (primary N) is 1. The normalized spacial score (nSPS) is 10.5. The van der Waals surface area contributed by atoms with Crippen LogP contribution in [0, 0.1) is 17.5 Å². The Bertz CT molecular complexity index is 653. The summed E-state index contributed by atoms with van der Waals surface area (Å²) in [6.45, 7) is 2.25. The highest BCUT2D eigenvalue weighted by Crippen LogP contribution is 2.22. The van der Waals surface area contributed by atoms with Crippen LogP contribution in [0.2, 0.25) is 0 Å². The second kappa shape index (κ2) is 6.25. The highest BCUT2D eigenvalue weighted by molar-refractivity contribution is 5.55. The molecule has 21 heavy (non-hydrogen) atoms. The van der Waals surface area contributed by atoms with Gasteiger partial charge in [-0.3, -0.25) is 0 Å². The summed E-state index contributed by atoms with van der Waals surface area (Å²) >= 11 is 0. The standard InChI is InChI=1S/C12H12F3N5O/c1-2-5-21-12-19-10(16)18-11(20-12)17-7-4-3-6(13)8(14)9(7)15/h3-4H,2,5H2,1H3,(H3,16,17,18,19,20). The van der Waals surface area contributed by atoms with Gasteiger partial charge in [0, 0.05) is 0 Å². The summed E-state index contributed by atoms with van der Waals surface area (Å²) in [5.41, 5.74) is 5.13. The first-order valence-corrected chi connectivity index (χ1v) is 6.06. The van der Waals surface area contributed by atoms with Crippen LogP contribution in [0.5, 0.6) is 6.01 Å². The molecule has 0 fully saturated rings. The SMILES string of the molecule is CCCOc1nc(N)nc(Nc2ccc(F)c(F)c2F)n1. The van der Waals surface area contributed by atoms with Gasteiger partial charge in [0.25, 0.3) is 0 Å². The van der Waals surface area contributed by atoms with Crippen molar-refractivity contribution in [3.8, 4) is 6.01 Å². The lowest BCUT2D eigenvalue weighted by atomic mass is 10.3. The number of halogens is 3. The van der Waals surface area contributed by atoms with Crippen molar-refractivity contribution < 1.29 is 17.9 Å². The van der Waals surface area contributed by atoms with E-state index in [0.29, 0.717) is 6.61 Å². The number of nitrogens with one attached hydrogen (secondary N) is 1. The molecule has 9 heteroatoms. The summed E-state index contributed by atoms with van der Waals surface area (Å²) in [5.74, 6) is -4.56. The van der Waals surface area contributed by atoms with Crippen molar-refractivity contribution in [2.45, 2.75) is 13.3 Å². The van der Waals surface area contributed by atoms with E-state index in [1.807, 2.05) is 6.92 Å². The molecule has 0 spiro atoms. The molecule has 2 aromatic rings. The Balaban J connectivity index is 2.27. The van der Waals surface area contributed by atoms with E-state index in [2.05, 4.69) is 20.3 Å². The fraction of sp³-hybridized carbons (Fsp3) is 0.250. The van der Waals surface area contributed by atoms with E-state index >= 15 is 0 Å². The number of nitrogen functional groups attached to an aromatic ring is 1. The molecule has 1 aromatic heterocycles. The number of benzene rings is 1. The van der Waals surface area contributed by atoms with Gasteiger partial charge in [-0.2, -0.15) is 15.0 Å². The Morgan fingerprint density at radius 2 is 1.90 bits per heavy atom. The van der Waals surface area contributed by atoms with Crippen LogP contribution in [0.15, 0.2) is 12.1 Å². The summed E-state index contributed by atoms with van der Waals surface area (Å²) in [6.07, 6.45) is 0.728. The number of anilines is 3. The molecule has 0 aliphatic carbocycles. The van der Waals surface area contributed by atoms with Crippen LogP contribution in [-0.4, -0.2) is 21.6 Å². The molecule has 3 N–H and O–H groups in total. The average Bonchev–Trinajstić information content (AvgIpc) is 2.45. The van der Waals surface area contributed by atoms with Crippen LogP contribution in [0.3, 0.4) is 0 Å². The van der Waals surface area contributed by atoms with E-state index in [9.17, 15) is 13.2 Å². The van der Waals surface area contributed by atoms with Crippen molar-refractivity contribution in [1.29, 1.82) is 0 Å². The molecule has 6 nitrogen and oxygen atoms in total. The lowest BCUT2D eigenvalue weighted by Gasteiger charge is -2.09. The van der Waals surface area contributed by atoms with Crippen molar-refractivity contribution in [3.05, 3.63) is 29.6 Å². The minimum atomic E-state index is -1.59. The first-order chi connectivity index (χ1) is 10.0. The highest BCUT2D eigenvalue weighted by Gasteiger charge is 2.15. The van der Waals surface area contributed by atoms with Gasteiger partial charge in [-0.1, -0.05) is 6.92 Å². The van der Waals surface area contributed by atoms with E-state index in [4.69, 9.17) is 10.5 Å². The van der Waals surface area contributed by atoms with E-state index in [-0.39, 0.29) is 23.6 Å². The Morgan fingerprint density at radius 3 is 2.62 bits per heavy atom. The molecule has 0 aliphatic rings. The Morgan fingerprint density at radius 1 is 1.14 bits per heavy atom. The van der Waals surface area contributed by atoms with Gasteiger partial charge in [-0.05, 0) is 18.6 Å². The molecule has 2 rings (SSSR count). The first-order valence-electron chi connectivity index (χ1n) is 6.06. The van der Waals surface area contributed by atoms with Crippen molar-refractivity contribution in [1.82, 2.24) is 15.0 Å². The zero-order valence-electron chi connectivity index (χ0n) is 11.0. The molecular formula is C12H12F3N5O. The number of rotatable bonds is 5. The molecule has 0 saturated carbocycles. The van der Waals surface area contributed by atoms with Gasteiger partial charge in [0.05, 0.1) is 12.3 Å². The fourth-order valence-electron chi connectivity index (χ4n) is 1.43. The van der Waals surface area contributed by atoms with Gasteiger partial charge < -0.3 is 15.8 Å². The topological polar surface area (TPSA) is 86.0 Å². The molecule has 1 aromatic carbocycles. The molecule has 112 valence electrons. The van der Waals surface area contributed by atoms with Crippen LogP contribution in [0.4, 0.5) is 30.8 Å². The second-order valence-electron chi connectivity index (χ2n) is 4.00. The Hall–Kier alpha value is -2.58. The molecule has 0 bridgehead atoms. The van der Waals surface area contributed by atoms with E-state index in [1.165, 1.54) is 0 Å². The quantitative estimate of drug-likeness (QED) is 0.825. The van der Waals surface area contributed by atoms with Gasteiger partial charge in [0.1, 0.15) is 0 Å². The van der Waals surface area contributed by atoms with E-state index in [1.54, 1.807) is 0 Å². The second-order valence-corrected chi connectivity index (χ2v) is 4.00. The van der Waals surface area contributed by atoms with Crippen molar-refractivity contribution in [2.75, 3.05) is 17.7 Å². The first kappa shape index (κ1) is 14.8. The van der Waals surface area contributed by atoms with Crippen LogP contribution >= 0.6 is 0 Å². The van der Waals surface area contributed by atoms with Crippen molar-refractivity contribution in [3.63, 3.8) is 0 Å². The molecule has 0 unspecified atom stereocenters. The third-order valence-corrected chi connectivity index (χ3v) is 2.35. The number of ether oxygens (including phenoxy) is 1. The van der Waals surface area contributed by atoms with Gasteiger partial charge in [-0.15, -0.1) is 0 Å². The lowest BCUT2D eigenvalue weighted by molar-refractivity contribution is 0.292. The molecule has 0 amide bonds. The maximum Gasteiger partial charge on any atom is 0.323 e. The molecule has 0 radical (unpaired) electrons. The molecule has 0 atom stereocenters. The predicted molar refractivity (Wildman–Crippen MR) is 69.6 cm³/mol. The fourth-order valence-corrected chi connectivity index (χ4v) is 1.43. The number of aromatic nitrogens is 3. The van der Waals surface area contributed by atoms with Crippen LogP contribution in [0.1, 0.15) is 13.3 Å². The van der Waals surface area contributed by atoms with Crippen LogP contribution < -0.4 is 15.8 Å². The summed E-state index contributed by atoms with van der Waals surface area (Å²) in [6, 6.07) is 1.75. The highest BCUT2D eigenvalue weighted by atomic mass is 19.2. The molecular weight excluding hydrogens is 287 g/mol. The van der Waals surface area contributed by atoms with Crippen molar-refractivity contribution >= 4 is 17.6 Å². The zero-order chi connectivity index (χ0) is 15.4. The van der Waals surface area contributed by atoms with Crippen LogP contribution in [0.25, 0.3) is 0 Å². The van der Waals surface area contributed by atoms with Crippen LogP contribution in [-0.2, 0) is 0 Å². The zero-order valence-corrected chi connectivity index (χ0v) is 11.0. The predicted octanol–water partition coefficient (Wildman–Crippen LogP) is 2.40. The van der Waals surface area contributed by atoms with Gasteiger partial charge >= 0.3 is 6.01 Å². The van der Waals surface area contributed by atoms with Gasteiger partial charge in [0.2, 0.25) is 11.9 Å². The number of hydrogen-bond acceptors (Lipinski definition) is 6. The van der Waals surface area contributed by atoms with Gasteiger partial charge in [0.15, 0.2) is 17.5 Å². The monoisotopic (exact) mass is 299 g/mol. The van der Waals surface area contributed by atoms with E-state index < -0.39 is 17.5 Å². The lowest BCUT2D eigenvalue weighted by Crippen LogP contribution is -2.08. The Kier molecular flexibility index (Phi) is 4.41. The summed E-state index contributed by atoms with van der Waals surface area (Å²) in [7, 11) is 0. The minimum Gasteiger partial charge on any atom is -0.463 e. The number of hydrogen-bond donors (Lipinski definition) is 2. The smallest absolute Gasteiger partial charge is 0.323 e. The molecule has 0 aliphatic heterocycles. The number of nitrogens with zero attached hydrogens (tertiary/aromatic N) is 3. The summed E-state index contributed by atoms with van der Waals surface area (Å²) in [4.78, 5) is 11.3.